The van der Waals surface area contributed by atoms with Crippen molar-refractivity contribution in [3.63, 3.8) is 0 Å². The summed E-state index contributed by atoms with van der Waals surface area (Å²) in [6.45, 7) is 3.38. The third-order valence-electron chi connectivity index (χ3n) is 4.99. The van der Waals surface area contributed by atoms with Gasteiger partial charge in [0.2, 0.25) is 0 Å². The molecule has 8 heteroatoms. The topological polar surface area (TPSA) is 111 Å². The first-order valence-corrected chi connectivity index (χ1v) is 10.8. The average molecular weight is 475 g/mol. The van der Waals surface area contributed by atoms with Gasteiger partial charge in [0.1, 0.15) is 0 Å². The summed E-state index contributed by atoms with van der Waals surface area (Å²) < 4.78 is 16.8. The molecule has 0 aliphatic heterocycles. The molecule has 0 spiro atoms. The van der Waals surface area contributed by atoms with E-state index in [1.165, 1.54) is 6.08 Å². The van der Waals surface area contributed by atoms with Crippen LogP contribution in [0.2, 0.25) is 0 Å². The summed E-state index contributed by atoms with van der Waals surface area (Å²) in [6.07, 6.45) is -2.52. The van der Waals surface area contributed by atoms with Crippen LogP contribution in [0, 0.1) is 0 Å². The minimum absolute atomic E-state index is 0.236. The maximum atomic E-state index is 12.9. The molecule has 0 bridgehead atoms. The van der Waals surface area contributed by atoms with Crippen LogP contribution < -0.4 is 5.48 Å². The highest BCUT2D eigenvalue weighted by Crippen LogP contribution is 2.19. The first-order valence-electron chi connectivity index (χ1n) is 10.8. The summed E-state index contributed by atoms with van der Waals surface area (Å²) in [5.41, 5.74) is 2.69. The molecule has 3 aromatic carbocycles. The first-order chi connectivity index (χ1) is 17.0. The lowest BCUT2D eigenvalue weighted by atomic mass is 10.1. The number of esters is 3. The SMILES string of the molecule is C=C[C@@H](OC(=O)c1ccccc1)[C@H](OC(=O)c1ccccc1)[C@H](CNO)OC(=O)c1ccccc1. The Morgan fingerprint density at radius 3 is 1.51 bits per heavy atom. The predicted molar refractivity (Wildman–Crippen MR) is 127 cm³/mol. The van der Waals surface area contributed by atoms with Crippen molar-refractivity contribution in [1.29, 1.82) is 0 Å². The molecule has 3 atom stereocenters. The summed E-state index contributed by atoms with van der Waals surface area (Å²) >= 11 is 0. The van der Waals surface area contributed by atoms with Crippen LogP contribution in [-0.4, -0.2) is 48.0 Å². The molecule has 0 aromatic heterocycles. The van der Waals surface area contributed by atoms with Crippen molar-refractivity contribution >= 4 is 17.9 Å². The van der Waals surface area contributed by atoms with Crippen LogP contribution in [0.3, 0.4) is 0 Å². The van der Waals surface area contributed by atoms with E-state index in [-0.39, 0.29) is 23.2 Å². The highest BCUT2D eigenvalue weighted by atomic mass is 16.6. The number of hydrogen-bond acceptors (Lipinski definition) is 8. The standard InChI is InChI=1S/C27H25NO7/c1-2-22(33-25(29)19-12-6-3-7-13-19)24(35-27(31)21-16-10-5-11-17-21)23(18-28-32)34-26(30)20-14-8-4-9-15-20/h2-17,22-24,28,32H,1,18H2/t22-,23+,24+/m1/s1. The molecule has 0 saturated carbocycles. The lowest BCUT2D eigenvalue weighted by Gasteiger charge is -2.31. The molecule has 3 aromatic rings. The van der Waals surface area contributed by atoms with E-state index in [9.17, 15) is 19.6 Å². The Bertz CT molecular complexity index is 1120. The van der Waals surface area contributed by atoms with Crippen molar-refractivity contribution in [2.45, 2.75) is 18.3 Å². The first kappa shape index (κ1) is 25.4. The van der Waals surface area contributed by atoms with E-state index in [4.69, 9.17) is 14.2 Å². The van der Waals surface area contributed by atoms with E-state index in [1.54, 1.807) is 91.0 Å². The van der Waals surface area contributed by atoms with Gasteiger partial charge in [-0.2, -0.15) is 0 Å². The van der Waals surface area contributed by atoms with E-state index < -0.39 is 36.2 Å². The Kier molecular flexibility index (Phi) is 9.30. The van der Waals surface area contributed by atoms with Gasteiger partial charge in [-0.05, 0) is 42.5 Å². The van der Waals surface area contributed by atoms with Gasteiger partial charge in [0, 0.05) is 0 Å². The van der Waals surface area contributed by atoms with Crippen LogP contribution >= 0.6 is 0 Å². The van der Waals surface area contributed by atoms with Crippen LogP contribution in [0.1, 0.15) is 31.1 Å². The number of hydroxylamine groups is 1. The van der Waals surface area contributed by atoms with Gasteiger partial charge in [0.05, 0.1) is 23.2 Å². The van der Waals surface area contributed by atoms with Crippen LogP contribution in [-0.2, 0) is 14.2 Å². The van der Waals surface area contributed by atoms with Crippen LogP contribution in [0.4, 0.5) is 0 Å². The molecule has 35 heavy (non-hydrogen) atoms. The van der Waals surface area contributed by atoms with Crippen molar-refractivity contribution in [2.24, 2.45) is 0 Å². The zero-order chi connectivity index (χ0) is 25.0. The highest BCUT2D eigenvalue weighted by molar-refractivity contribution is 5.91. The number of rotatable bonds is 11. The number of benzene rings is 3. The van der Waals surface area contributed by atoms with Crippen molar-refractivity contribution in [2.75, 3.05) is 6.54 Å². The molecule has 0 amide bonds. The van der Waals surface area contributed by atoms with Crippen LogP contribution in [0.25, 0.3) is 0 Å². The van der Waals surface area contributed by atoms with Gasteiger partial charge in [-0.1, -0.05) is 61.2 Å². The molecule has 2 N–H and O–H groups in total. The second kappa shape index (κ2) is 12.8. The summed E-state index contributed by atoms with van der Waals surface area (Å²) in [6, 6.07) is 24.6. The monoisotopic (exact) mass is 475 g/mol. The number of hydrogen-bond donors (Lipinski definition) is 2. The van der Waals surface area contributed by atoms with Gasteiger partial charge < -0.3 is 19.4 Å². The Balaban J connectivity index is 1.90. The average Bonchev–Trinajstić information content (AvgIpc) is 2.91. The third-order valence-corrected chi connectivity index (χ3v) is 4.99. The van der Waals surface area contributed by atoms with Crippen LogP contribution in [0.5, 0.6) is 0 Å². The van der Waals surface area contributed by atoms with Gasteiger partial charge in [-0.3, -0.25) is 0 Å². The van der Waals surface area contributed by atoms with E-state index in [1.807, 2.05) is 5.48 Å². The van der Waals surface area contributed by atoms with E-state index in [0.29, 0.717) is 0 Å². The molecule has 8 nitrogen and oxygen atoms in total. The molecule has 0 radical (unpaired) electrons. The smallest absolute Gasteiger partial charge is 0.338 e. The summed E-state index contributed by atoms with van der Waals surface area (Å²) in [5, 5.41) is 9.42. The van der Waals surface area contributed by atoms with E-state index >= 15 is 0 Å². The second-order valence-electron chi connectivity index (χ2n) is 7.38. The van der Waals surface area contributed by atoms with E-state index in [2.05, 4.69) is 6.58 Å². The fourth-order valence-corrected chi connectivity index (χ4v) is 3.23. The molecule has 3 rings (SSSR count). The number of nitrogens with one attached hydrogen (secondary N) is 1. The molecule has 0 saturated heterocycles. The summed E-state index contributed by atoms with van der Waals surface area (Å²) in [4.78, 5) is 38.3. The minimum Gasteiger partial charge on any atom is -0.453 e. The van der Waals surface area contributed by atoms with Crippen LogP contribution in [0.15, 0.2) is 104 Å². The molecule has 0 unspecified atom stereocenters. The van der Waals surface area contributed by atoms with Gasteiger partial charge >= 0.3 is 17.9 Å². The predicted octanol–water partition coefficient (Wildman–Crippen LogP) is 3.83. The Morgan fingerprint density at radius 2 is 1.11 bits per heavy atom. The van der Waals surface area contributed by atoms with Gasteiger partial charge in [-0.25, -0.2) is 19.9 Å². The zero-order valence-electron chi connectivity index (χ0n) is 18.8. The lowest BCUT2D eigenvalue weighted by molar-refractivity contribution is -0.0813. The highest BCUT2D eigenvalue weighted by Gasteiger charge is 2.37. The fraction of sp³-hybridized carbons (Fsp3) is 0.148. The van der Waals surface area contributed by atoms with Crippen molar-refractivity contribution < 1.29 is 33.8 Å². The van der Waals surface area contributed by atoms with E-state index in [0.717, 1.165) is 0 Å². The fourth-order valence-electron chi connectivity index (χ4n) is 3.23. The number of carbonyl (C=O) groups is 3. The Morgan fingerprint density at radius 1 is 0.714 bits per heavy atom. The number of carbonyl (C=O) groups excluding carboxylic acids is 3. The Labute approximate surface area is 202 Å². The second-order valence-corrected chi connectivity index (χ2v) is 7.38. The Hall–Kier alpha value is -4.27. The zero-order valence-corrected chi connectivity index (χ0v) is 18.8. The quantitative estimate of drug-likeness (QED) is 0.186. The third kappa shape index (κ3) is 7.10. The molecule has 0 aliphatic carbocycles. The summed E-state index contributed by atoms with van der Waals surface area (Å²) in [5.74, 6) is -2.15. The molecular weight excluding hydrogens is 450 g/mol. The number of ether oxygens (including phenoxy) is 3. The maximum absolute atomic E-state index is 12.9. The van der Waals surface area contributed by atoms with Crippen molar-refractivity contribution in [3.05, 3.63) is 120 Å². The molecule has 0 fully saturated rings. The molecule has 0 aliphatic rings. The van der Waals surface area contributed by atoms with Gasteiger partial charge in [0.25, 0.3) is 0 Å². The lowest BCUT2D eigenvalue weighted by Crippen LogP contribution is -2.48. The molecule has 0 heterocycles. The van der Waals surface area contributed by atoms with Gasteiger partial charge in [-0.15, -0.1) is 0 Å². The normalized spacial score (nSPS) is 13.1. The molecular formula is C27H25NO7. The van der Waals surface area contributed by atoms with Crippen molar-refractivity contribution in [3.8, 4) is 0 Å². The van der Waals surface area contributed by atoms with Crippen molar-refractivity contribution in [1.82, 2.24) is 5.48 Å². The van der Waals surface area contributed by atoms with Gasteiger partial charge in [0.15, 0.2) is 18.3 Å². The minimum atomic E-state index is -1.33. The largest absolute Gasteiger partial charge is 0.453 e. The molecule has 180 valence electrons. The maximum Gasteiger partial charge on any atom is 0.338 e. The summed E-state index contributed by atoms with van der Waals surface area (Å²) in [7, 11) is 0.